The number of benzene rings is 2. The molecule has 0 heterocycles. The second-order valence-corrected chi connectivity index (χ2v) is 6.86. The molecular formula is C17H16Cl2FNOS. The van der Waals surface area contributed by atoms with Gasteiger partial charge >= 0.3 is 0 Å². The van der Waals surface area contributed by atoms with Crippen molar-refractivity contribution in [2.75, 3.05) is 12.3 Å². The van der Waals surface area contributed by atoms with Crippen LogP contribution in [0.5, 0.6) is 0 Å². The van der Waals surface area contributed by atoms with E-state index in [4.69, 9.17) is 23.2 Å². The van der Waals surface area contributed by atoms with Crippen LogP contribution in [-0.2, 0) is 17.0 Å². The van der Waals surface area contributed by atoms with Gasteiger partial charge in [0.2, 0.25) is 5.91 Å². The molecule has 122 valence electrons. The van der Waals surface area contributed by atoms with Crippen molar-refractivity contribution >= 4 is 40.9 Å². The average molecular weight is 372 g/mol. The number of nitrogens with one attached hydrogen (secondary N) is 1. The summed E-state index contributed by atoms with van der Waals surface area (Å²) in [7, 11) is 0. The topological polar surface area (TPSA) is 29.1 Å². The number of amides is 1. The van der Waals surface area contributed by atoms with E-state index in [1.807, 2.05) is 12.1 Å². The zero-order chi connectivity index (χ0) is 16.7. The zero-order valence-electron chi connectivity index (χ0n) is 12.3. The maximum atomic E-state index is 13.6. The highest BCUT2D eigenvalue weighted by Crippen LogP contribution is 2.23. The molecule has 0 saturated heterocycles. The van der Waals surface area contributed by atoms with Crippen LogP contribution in [0, 0.1) is 5.82 Å². The molecule has 0 bridgehead atoms. The normalized spacial score (nSPS) is 10.6. The Kier molecular flexibility index (Phi) is 7.21. The van der Waals surface area contributed by atoms with E-state index in [-0.39, 0.29) is 11.7 Å². The third kappa shape index (κ3) is 6.05. The van der Waals surface area contributed by atoms with Gasteiger partial charge < -0.3 is 5.32 Å². The maximum absolute atomic E-state index is 13.6. The third-order valence-corrected chi connectivity index (χ3v) is 4.71. The van der Waals surface area contributed by atoms with Crippen molar-refractivity contribution in [3.63, 3.8) is 0 Å². The number of hydrogen-bond donors (Lipinski definition) is 1. The highest BCUT2D eigenvalue weighted by molar-refractivity contribution is 7.98. The van der Waals surface area contributed by atoms with Crippen molar-refractivity contribution in [2.45, 2.75) is 12.2 Å². The van der Waals surface area contributed by atoms with Crippen LogP contribution < -0.4 is 5.32 Å². The van der Waals surface area contributed by atoms with E-state index >= 15 is 0 Å². The van der Waals surface area contributed by atoms with Gasteiger partial charge in [-0.3, -0.25) is 4.79 Å². The smallest absolute Gasteiger partial charge is 0.224 e. The van der Waals surface area contributed by atoms with Crippen LogP contribution in [0.1, 0.15) is 11.1 Å². The Balaban J connectivity index is 1.68. The molecule has 0 aliphatic heterocycles. The molecule has 0 radical (unpaired) electrons. The summed E-state index contributed by atoms with van der Waals surface area (Å²) in [6.07, 6.45) is 0.296. The molecule has 0 fully saturated rings. The predicted octanol–water partition coefficient (Wildman–Crippen LogP) is 4.72. The molecule has 0 unspecified atom stereocenters. The second-order valence-electron chi connectivity index (χ2n) is 4.91. The number of carbonyl (C=O) groups excluding carboxylic acids is 1. The van der Waals surface area contributed by atoms with E-state index < -0.39 is 0 Å². The number of carbonyl (C=O) groups is 1. The quantitative estimate of drug-likeness (QED) is 0.713. The Hall–Kier alpha value is -1.23. The lowest BCUT2D eigenvalue weighted by atomic mass is 10.1. The number of halogens is 3. The Morgan fingerprint density at radius 1 is 1.17 bits per heavy atom. The van der Waals surface area contributed by atoms with Crippen LogP contribution in [0.2, 0.25) is 10.0 Å². The minimum Gasteiger partial charge on any atom is -0.355 e. The molecule has 0 aromatic heterocycles. The van der Waals surface area contributed by atoms with Crippen molar-refractivity contribution in [1.82, 2.24) is 5.32 Å². The van der Waals surface area contributed by atoms with Crippen molar-refractivity contribution in [2.24, 2.45) is 0 Å². The summed E-state index contributed by atoms with van der Waals surface area (Å²) in [4.78, 5) is 11.8. The first-order chi connectivity index (χ1) is 11.1. The fourth-order valence-electron chi connectivity index (χ4n) is 2.00. The van der Waals surface area contributed by atoms with Crippen LogP contribution in [0.4, 0.5) is 4.39 Å². The molecule has 1 N–H and O–H groups in total. The molecule has 0 aliphatic carbocycles. The minimum absolute atomic E-state index is 0.0585. The molecular weight excluding hydrogens is 356 g/mol. The molecule has 2 aromatic rings. The Bertz CT molecular complexity index is 661. The summed E-state index contributed by atoms with van der Waals surface area (Å²) in [5.74, 6) is 0.813. The molecule has 0 saturated carbocycles. The molecule has 0 atom stereocenters. The summed E-state index contributed by atoms with van der Waals surface area (Å²) in [6, 6.07) is 11.9. The van der Waals surface area contributed by atoms with Gasteiger partial charge in [-0.15, -0.1) is 0 Å². The van der Waals surface area contributed by atoms with Gasteiger partial charge in [-0.05, 0) is 29.8 Å². The van der Waals surface area contributed by atoms with Crippen LogP contribution in [0.15, 0.2) is 42.5 Å². The lowest BCUT2D eigenvalue weighted by Gasteiger charge is -2.07. The average Bonchev–Trinajstić information content (AvgIpc) is 2.49. The minimum atomic E-state index is -0.296. The molecule has 0 spiro atoms. The molecule has 2 rings (SSSR count). The number of hydrogen-bond acceptors (Lipinski definition) is 2. The highest BCUT2D eigenvalue weighted by atomic mass is 35.5. The predicted molar refractivity (Wildman–Crippen MR) is 95.7 cm³/mol. The summed E-state index contributed by atoms with van der Waals surface area (Å²) in [5.41, 5.74) is 1.38. The maximum Gasteiger partial charge on any atom is 0.224 e. The van der Waals surface area contributed by atoms with Crippen molar-refractivity contribution in [3.8, 4) is 0 Å². The van der Waals surface area contributed by atoms with Gasteiger partial charge in [-0.25, -0.2) is 4.39 Å². The number of thioether (sulfide) groups is 1. The van der Waals surface area contributed by atoms with E-state index in [0.717, 1.165) is 5.56 Å². The van der Waals surface area contributed by atoms with Crippen molar-refractivity contribution in [1.29, 1.82) is 0 Å². The first-order valence-electron chi connectivity index (χ1n) is 7.08. The van der Waals surface area contributed by atoms with Crippen LogP contribution in [-0.4, -0.2) is 18.2 Å². The Labute approximate surface area is 149 Å². The zero-order valence-corrected chi connectivity index (χ0v) is 14.6. The lowest BCUT2D eigenvalue weighted by molar-refractivity contribution is -0.120. The van der Waals surface area contributed by atoms with Gasteiger partial charge in [0, 0.05) is 33.7 Å². The van der Waals surface area contributed by atoms with E-state index in [2.05, 4.69) is 5.32 Å². The van der Waals surface area contributed by atoms with Gasteiger partial charge in [-0.2, -0.15) is 11.8 Å². The van der Waals surface area contributed by atoms with E-state index in [1.54, 1.807) is 24.3 Å². The lowest BCUT2D eigenvalue weighted by Crippen LogP contribution is -2.27. The number of rotatable bonds is 7. The fraction of sp³-hybridized carbons (Fsp3) is 0.235. The first-order valence-corrected chi connectivity index (χ1v) is 8.99. The SMILES string of the molecule is O=C(Cc1cccc(Cl)c1)NCCSCc1c(F)cccc1Cl. The van der Waals surface area contributed by atoms with E-state index in [1.165, 1.54) is 17.8 Å². The summed E-state index contributed by atoms with van der Waals surface area (Å²) >= 11 is 13.4. The second kappa shape index (κ2) is 9.16. The van der Waals surface area contributed by atoms with Crippen molar-refractivity contribution < 1.29 is 9.18 Å². The monoisotopic (exact) mass is 371 g/mol. The molecule has 1 amide bonds. The van der Waals surface area contributed by atoms with Gasteiger partial charge in [0.1, 0.15) is 5.82 Å². The molecule has 6 heteroatoms. The van der Waals surface area contributed by atoms with Crippen LogP contribution in [0.25, 0.3) is 0 Å². The molecule has 2 aromatic carbocycles. The van der Waals surface area contributed by atoms with Crippen LogP contribution >= 0.6 is 35.0 Å². The summed E-state index contributed by atoms with van der Waals surface area (Å²) in [6.45, 7) is 0.524. The fourth-order valence-corrected chi connectivity index (χ4v) is 3.41. The first kappa shape index (κ1) is 18.1. The van der Waals surface area contributed by atoms with Gasteiger partial charge in [0.15, 0.2) is 0 Å². The van der Waals surface area contributed by atoms with Gasteiger partial charge in [-0.1, -0.05) is 41.4 Å². The molecule has 0 aliphatic rings. The van der Waals surface area contributed by atoms with E-state index in [0.29, 0.717) is 40.1 Å². The highest BCUT2D eigenvalue weighted by Gasteiger charge is 2.07. The summed E-state index contributed by atoms with van der Waals surface area (Å²) in [5, 5.41) is 3.89. The van der Waals surface area contributed by atoms with Crippen molar-refractivity contribution in [3.05, 3.63) is 69.5 Å². The van der Waals surface area contributed by atoms with Gasteiger partial charge in [0.25, 0.3) is 0 Å². The summed E-state index contributed by atoms with van der Waals surface area (Å²) < 4.78 is 13.6. The Morgan fingerprint density at radius 2 is 1.96 bits per heavy atom. The molecule has 2 nitrogen and oxygen atoms in total. The van der Waals surface area contributed by atoms with Gasteiger partial charge in [0.05, 0.1) is 6.42 Å². The van der Waals surface area contributed by atoms with Crippen LogP contribution in [0.3, 0.4) is 0 Å². The third-order valence-electron chi connectivity index (χ3n) is 3.13. The van der Waals surface area contributed by atoms with E-state index in [9.17, 15) is 9.18 Å². The Morgan fingerprint density at radius 3 is 2.70 bits per heavy atom. The standard InChI is InChI=1S/C17H16Cl2FNOS/c18-13-4-1-3-12(9-13)10-17(22)21-7-8-23-11-14-15(19)5-2-6-16(14)20/h1-6,9H,7-8,10-11H2,(H,21,22). The largest absolute Gasteiger partial charge is 0.355 e. The molecule has 23 heavy (non-hydrogen) atoms.